The van der Waals surface area contributed by atoms with Crippen molar-refractivity contribution < 1.29 is 4.92 Å². The van der Waals surface area contributed by atoms with Crippen molar-refractivity contribution in [3.8, 4) is 0 Å². The van der Waals surface area contributed by atoms with Crippen molar-refractivity contribution in [3.63, 3.8) is 0 Å². The van der Waals surface area contributed by atoms with Gasteiger partial charge in [-0.1, -0.05) is 44.5 Å². The van der Waals surface area contributed by atoms with Crippen LogP contribution in [0.5, 0.6) is 0 Å². The van der Waals surface area contributed by atoms with E-state index in [0.717, 1.165) is 17.5 Å². The van der Waals surface area contributed by atoms with E-state index in [0.29, 0.717) is 6.42 Å². The van der Waals surface area contributed by atoms with Gasteiger partial charge in [0.1, 0.15) is 0 Å². The molecule has 1 aromatic rings. The van der Waals surface area contributed by atoms with Crippen molar-refractivity contribution in [3.05, 3.63) is 45.5 Å². The minimum atomic E-state index is -0.718. The number of hydrogen-bond acceptors (Lipinski definition) is 2. The minimum absolute atomic E-state index is 0.0835. The number of rotatable bonds is 5. The topological polar surface area (TPSA) is 43.1 Å². The third kappa shape index (κ3) is 5.60. The fraction of sp³-hybridized carbons (Fsp3) is 0.600. The summed E-state index contributed by atoms with van der Waals surface area (Å²) in [5.41, 5.74) is 1.86. The molecule has 0 spiro atoms. The second-order valence-corrected chi connectivity index (χ2v) is 6.93. The Morgan fingerprint density at radius 2 is 2.00 bits per heavy atom. The lowest BCUT2D eigenvalue weighted by molar-refractivity contribution is -0.530. The maximum atomic E-state index is 11.3. The first kappa shape index (κ1) is 16.0. The fourth-order valence-corrected chi connectivity index (χ4v) is 2.84. The number of aryl methyl sites for hydroxylation is 1. The van der Waals surface area contributed by atoms with Crippen LogP contribution in [0.2, 0.25) is 0 Å². The van der Waals surface area contributed by atoms with Crippen molar-refractivity contribution in [2.75, 3.05) is 0 Å². The van der Waals surface area contributed by atoms with Crippen molar-refractivity contribution in [1.82, 2.24) is 0 Å². The van der Waals surface area contributed by atoms with E-state index >= 15 is 0 Å². The Balaban J connectivity index is 2.82. The molecule has 1 aromatic carbocycles. The van der Waals surface area contributed by atoms with Crippen molar-refractivity contribution in [2.24, 2.45) is 5.41 Å². The van der Waals surface area contributed by atoms with Crippen LogP contribution in [0, 0.1) is 22.5 Å². The molecule has 1 rings (SSSR count). The highest BCUT2D eigenvalue weighted by atomic mass is 35.5. The first-order valence-electron chi connectivity index (χ1n) is 6.53. The zero-order valence-electron chi connectivity index (χ0n) is 12.0. The summed E-state index contributed by atoms with van der Waals surface area (Å²) in [6.07, 6.45) is 1.14. The summed E-state index contributed by atoms with van der Waals surface area (Å²) in [6, 6.07) is 6.75. The monoisotopic (exact) mass is 283 g/mol. The van der Waals surface area contributed by atoms with E-state index in [1.165, 1.54) is 0 Å². The van der Waals surface area contributed by atoms with Crippen LogP contribution in [0.4, 0.5) is 0 Å². The van der Waals surface area contributed by atoms with E-state index in [1.807, 2.05) is 25.1 Å². The van der Waals surface area contributed by atoms with Gasteiger partial charge in [-0.15, -0.1) is 11.6 Å². The van der Waals surface area contributed by atoms with Crippen LogP contribution in [0.25, 0.3) is 0 Å². The average Bonchev–Trinajstić information content (AvgIpc) is 2.23. The number of halogens is 1. The predicted molar refractivity (Wildman–Crippen MR) is 79.2 cm³/mol. The van der Waals surface area contributed by atoms with Gasteiger partial charge in [-0.3, -0.25) is 10.1 Å². The van der Waals surface area contributed by atoms with Gasteiger partial charge in [0.15, 0.2) is 0 Å². The van der Waals surface area contributed by atoms with Crippen LogP contribution in [0.3, 0.4) is 0 Å². The largest absolute Gasteiger partial charge is 0.264 e. The Morgan fingerprint density at radius 1 is 1.37 bits per heavy atom. The van der Waals surface area contributed by atoms with Crippen molar-refractivity contribution in [2.45, 2.75) is 52.0 Å². The molecular formula is C15H22ClNO2. The molecule has 106 valence electrons. The van der Waals surface area contributed by atoms with Gasteiger partial charge in [-0.05, 0) is 24.8 Å². The van der Waals surface area contributed by atoms with Crippen LogP contribution < -0.4 is 0 Å². The molecule has 3 nitrogen and oxygen atoms in total. The van der Waals surface area contributed by atoms with Crippen molar-refractivity contribution >= 4 is 11.6 Å². The van der Waals surface area contributed by atoms with Crippen molar-refractivity contribution in [1.29, 1.82) is 0 Å². The lowest BCUT2D eigenvalue weighted by atomic mass is 9.88. The highest BCUT2D eigenvalue weighted by Crippen LogP contribution is 2.31. The van der Waals surface area contributed by atoms with Crippen LogP contribution in [0.1, 0.15) is 50.8 Å². The van der Waals surface area contributed by atoms with Crippen LogP contribution in [-0.4, -0.2) is 10.3 Å². The molecule has 0 saturated carbocycles. The first-order chi connectivity index (χ1) is 8.69. The summed E-state index contributed by atoms with van der Waals surface area (Å²) in [5, 5.41) is 11.1. The average molecular weight is 284 g/mol. The SMILES string of the molecule is Cc1cccc(C(CC(Cl)CC(C)(C)C)[N+](=O)[O-])c1. The normalized spacial score (nSPS) is 15.0. The predicted octanol–water partition coefficient (Wildman–Crippen LogP) is 4.75. The Morgan fingerprint density at radius 3 is 2.47 bits per heavy atom. The molecular weight excluding hydrogens is 262 g/mol. The molecule has 19 heavy (non-hydrogen) atoms. The zero-order valence-corrected chi connectivity index (χ0v) is 12.8. The van der Waals surface area contributed by atoms with Gasteiger partial charge in [0, 0.05) is 22.3 Å². The standard InChI is InChI=1S/C15H22ClNO2/c1-11-6-5-7-12(8-11)14(17(18)19)9-13(16)10-15(2,3)4/h5-8,13-14H,9-10H2,1-4H3. The minimum Gasteiger partial charge on any atom is -0.264 e. The molecule has 0 amide bonds. The summed E-state index contributed by atoms with van der Waals surface area (Å²) < 4.78 is 0. The quantitative estimate of drug-likeness (QED) is 0.445. The van der Waals surface area contributed by atoms with Gasteiger partial charge in [-0.25, -0.2) is 0 Å². The molecule has 0 N–H and O–H groups in total. The maximum absolute atomic E-state index is 11.3. The molecule has 0 aliphatic heterocycles. The van der Waals surface area contributed by atoms with E-state index in [9.17, 15) is 10.1 Å². The van der Waals surface area contributed by atoms with E-state index in [-0.39, 0.29) is 15.7 Å². The molecule has 0 heterocycles. The molecule has 4 heteroatoms. The van der Waals surface area contributed by atoms with E-state index in [1.54, 1.807) is 6.07 Å². The third-order valence-corrected chi connectivity index (χ3v) is 3.33. The molecule has 0 aliphatic rings. The van der Waals surface area contributed by atoms with Gasteiger partial charge in [0.2, 0.25) is 6.04 Å². The fourth-order valence-electron chi connectivity index (χ4n) is 2.21. The smallest absolute Gasteiger partial charge is 0.239 e. The Bertz CT molecular complexity index is 440. The summed E-state index contributed by atoms with van der Waals surface area (Å²) in [5.74, 6) is 0. The molecule has 0 fully saturated rings. The van der Waals surface area contributed by atoms with E-state index < -0.39 is 6.04 Å². The highest BCUT2D eigenvalue weighted by Gasteiger charge is 2.28. The molecule has 0 radical (unpaired) electrons. The number of alkyl halides is 1. The molecule has 2 unspecified atom stereocenters. The second-order valence-electron chi connectivity index (χ2n) is 6.31. The Hall–Kier alpha value is -1.09. The maximum Gasteiger partial charge on any atom is 0.239 e. The van der Waals surface area contributed by atoms with Gasteiger partial charge < -0.3 is 0 Å². The van der Waals surface area contributed by atoms with Gasteiger partial charge in [-0.2, -0.15) is 0 Å². The molecule has 0 bridgehead atoms. The molecule has 0 aromatic heterocycles. The molecule has 2 atom stereocenters. The molecule has 0 saturated heterocycles. The Labute approximate surface area is 120 Å². The van der Waals surface area contributed by atoms with Crippen LogP contribution in [0.15, 0.2) is 24.3 Å². The van der Waals surface area contributed by atoms with Gasteiger partial charge >= 0.3 is 0 Å². The number of benzene rings is 1. The number of hydrogen-bond donors (Lipinski definition) is 0. The van der Waals surface area contributed by atoms with Gasteiger partial charge in [0.25, 0.3) is 0 Å². The Kier molecular flexibility index (Phi) is 5.36. The molecule has 0 aliphatic carbocycles. The van der Waals surface area contributed by atoms with E-state index in [4.69, 9.17) is 11.6 Å². The van der Waals surface area contributed by atoms with Crippen LogP contribution in [-0.2, 0) is 0 Å². The summed E-state index contributed by atoms with van der Waals surface area (Å²) in [4.78, 5) is 11.0. The third-order valence-electron chi connectivity index (χ3n) is 2.99. The van der Waals surface area contributed by atoms with Gasteiger partial charge in [0.05, 0.1) is 0 Å². The zero-order chi connectivity index (χ0) is 14.6. The first-order valence-corrected chi connectivity index (χ1v) is 6.97. The second kappa shape index (κ2) is 6.38. The summed E-state index contributed by atoms with van der Waals surface area (Å²) in [7, 11) is 0. The lowest BCUT2D eigenvalue weighted by Gasteiger charge is -2.22. The number of nitro groups is 1. The summed E-state index contributed by atoms with van der Waals surface area (Å²) >= 11 is 6.29. The number of nitrogens with zero attached hydrogens (tertiary/aromatic N) is 1. The lowest BCUT2D eigenvalue weighted by Crippen LogP contribution is -2.20. The highest BCUT2D eigenvalue weighted by molar-refractivity contribution is 6.20. The summed E-state index contributed by atoms with van der Waals surface area (Å²) in [6.45, 7) is 8.22. The van der Waals surface area contributed by atoms with E-state index in [2.05, 4.69) is 20.8 Å². The van der Waals surface area contributed by atoms with Crippen LogP contribution >= 0.6 is 11.6 Å².